The second-order valence-corrected chi connectivity index (χ2v) is 5.89. The van der Waals surface area contributed by atoms with E-state index in [0.29, 0.717) is 6.42 Å². The second-order valence-electron chi connectivity index (χ2n) is 5.89. The van der Waals surface area contributed by atoms with Gasteiger partial charge in [-0.25, -0.2) is 0 Å². The molecule has 0 spiro atoms. The van der Waals surface area contributed by atoms with Gasteiger partial charge in [0.25, 0.3) is 0 Å². The van der Waals surface area contributed by atoms with Gasteiger partial charge in [0.1, 0.15) is 0 Å². The first-order valence-electron chi connectivity index (χ1n) is 6.53. The number of hydrogen-bond donors (Lipinski definition) is 1. The highest BCUT2D eigenvalue weighted by atomic mass is 16.5. The van der Waals surface area contributed by atoms with Crippen molar-refractivity contribution >= 4 is 0 Å². The molecule has 2 unspecified atom stereocenters. The molecule has 0 saturated carbocycles. The van der Waals surface area contributed by atoms with E-state index < -0.39 is 6.10 Å². The van der Waals surface area contributed by atoms with Crippen LogP contribution < -0.4 is 0 Å². The van der Waals surface area contributed by atoms with Gasteiger partial charge >= 0.3 is 0 Å². The van der Waals surface area contributed by atoms with E-state index in [9.17, 15) is 5.11 Å². The predicted octanol–water partition coefficient (Wildman–Crippen LogP) is 2.18. The van der Waals surface area contributed by atoms with Crippen LogP contribution in [0.5, 0.6) is 0 Å². The Morgan fingerprint density at radius 1 is 1.44 bits per heavy atom. The number of rotatable bonds is 5. The number of aryl methyl sites for hydroxylation is 2. The van der Waals surface area contributed by atoms with Crippen molar-refractivity contribution in [3.63, 3.8) is 0 Å². The minimum atomic E-state index is -0.517. The molecule has 1 heterocycles. The molecule has 0 aliphatic rings. The van der Waals surface area contributed by atoms with Crippen LogP contribution in [0.4, 0.5) is 0 Å². The molecule has 4 heteroatoms. The lowest BCUT2D eigenvalue weighted by Crippen LogP contribution is -2.40. The van der Waals surface area contributed by atoms with Crippen molar-refractivity contribution in [2.75, 3.05) is 7.11 Å². The lowest BCUT2D eigenvalue weighted by atomic mass is 9.84. The SMILES string of the molecule is CCn1nc(C)cc1CC(O)C(OC)C(C)(C)C. The summed E-state index contributed by atoms with van der Waals surface area (Å²) in [4.78, 5) is 0. The van der Waals surface area contributed by atoms with Gasteiger partial charge in [0, 0.05) is 25.8 Å². The molecule has 18 heavy (non-hydrogen) atoms. The summed E-state index contributed by atoms with van der Waals surface area (Å²) in [6, 6.07) is 2.03. The molecule has 1 aromatic rings. The first-order chi connectivity index (χ1) is 8.29. The van der Waals surface area contributed by atoms with Crippen LogP contribution in [-0.2, 0) is 17.7 Å². The number of methoxy groups -OCH3 is 1. The van der Waals surface area contributed by atoms with Crippen molar-refractivity contribution in [3.8, 4) is 0 Å². The Labute approximate surface area is 110 Å². The second kappa shape index (κ2) is 5.85. The van der Waals surface area contributed by atoms with Crippen molar-refractivity contribution in [1.82, 2.24) is 9.78 Å². The molecule has 0 radical (unpaired) electrons. The predicted molar refractivity (Wildman–Crippen MR) is 72.6 cm³/mol. The van der Waals surface area contributed by atoms with Gasteiger partial charge in [-0.3, -0.25) is 4.68 Å². The molecule has 0 aromatic carbocycles. The Kier molecular flexibility index (Phi) is 4.93. The molecule has 0 aliphatic heterocycles. The monoisotopic (exact) mass is 254 g/mol. The highest BCUT2D eigenvalue weighted by molar-refractivity contribution is 5.10. The van der Waals surface area contributed by atoms with Crippen LogP contribution in [0, 0.1) is 12.3 Å². The Morgan fingerprint density at radius 2 is 2.06 bits per heavy atom. The summed E-state index contributed by atoms with van der Waals surface area (Å²) in [5.41, 5.74) is 1.97. The average Bonchev–Trinajstić information content (AvgIpc) is 2.57. The van der Waals surface area contributed by atoms with Gasteiger partial charge in [-0.05, 0) is 25.3 Å². The van der Waals surface area contributed by atoms with Gasteiger partial charge < -0.3 is 9.84 Å². The van der Waals surface area contributed by atoms with Gasteiger partial charge in [0.15, 0.2) is 0 Å². The largest absolute Gasteiger partial charge is 0.390 e. The zero-order chi connectivity index (χ0) is 13.9. The van der Waals surface area contributed by atoms with Crippen LogP contribution in [0.15, 0.2) is 6.07 Å². The van der Waals surface area contributed by atoms with Gasteiger partial charge in [-0.15, -0.1) is 0 Å². The fourth-order valence-corrected chi connectivity index (χ4v) is 2.45. The van der Waals surface area contributed by atoms with Crippen LogP contribution in [0.1, 0.15) is 39.1 Å². The van der Waals surface area contributed by atoms with E-state index in [1.807, 2.05) is 17.7 Å². The minimum absolute atomic E-state index is 0.0831. The lowest BCUT2D eigenvalue weighted by Gasteiger charge is -2.33. The fraction of sp³-hybridized carbons (Fsp3) is 0.786. The highest BCUT2D eigenvalue weighted by Gasteiger charge is 2.31. The summed E-state index contributed by atoms with van der Waals surface area (Å²) < 4.78 is 7.39. The third-order valence-corrected chi connectivity index (χ3v) is 3.16. The number of aliphatic hydroxyl groups is 1. The van der Waals surface area contributed by atoms with E-state index in [4.69, 9.17) is 4.74 Å². The first-order valence-corrected chi connectivity index (χ1v) is 6.53. The van der Waals surface area contributed by atoms with Gasteiger partial charge in [0.05, 0.1) is 17.9 Å². The van der Waals surface area contributed by atoms with E-state index in [0.717, 1.165) is 17.9 Å². The Hall–Kier alpha value is -0.870. The normalized spacial score (nSPS) is 15.7. The quantitative estimate of drug-likeness (QED) is 0.876. The molecule has 0 saturated heterocycles. The maximum Gasteiger partial charge on any atom is 0.0882 e. The van der Waals surface area contributed by atoms with Crippen molar-refractivity contribution in [1.29, 1.82) is 0 Å². The van der Waals surface area contributed by atoms with E-state index in [1.165, 1.54) is 0 Å². The van der Waals surface area contributed by atoms with Crippen molar-refractivity contribution in [2.24, 2.45) is 5.41 Å². The maximum atomic E-state index is 10.4. The number of aromatic nitrogens is 2. The van der Waals surface area contributed by atoms with Crippen molar-refractivity contribution < 1.29 is 9.84 Å². The fourth-order valence-electron chi connectivity index (χ4n) is 2.45. The molecular weight excluding hydrogens is 228 g/mol. The molecule has 104 valence electrons. The Morgan fingerprint density at radius 3 is 2.50 bits per heavy atom. The van der Waals surface area contributed by atoms with Crippen molar-refractivity contribution in [3.05, 3.63) is 17.5 Å². The zero-order valence-corrected chi connectivity index (χ0v) is 12.4. The minimum Gasteiger partial charge on any atom is -0.390 e. The third-order valence-electron chi connectivity index (χ3n) is 3.16. The summed E-state index contributed by atoms with van der Waals surface area (Å²) in [6.07, 6.45) is -0.126. The number of ether oxygens (including phenoxy) is 1. The maximum absolute atomic E-state index is 10.4. The summed E-state index contributed by atoms with van der Waals surface area (Å²) in [5.74, 6) is 0. The zero-order valence-electron chi connectivity index (χ0n) is 12.4. The Bertz CT molecular complexity index is 380. The van der Waals surface area contributed by atoms with Crippen LogP contribution >= 0.6 is 0 Å². The molecule has 2 atom stereocenters. The molecule has 1 rings (SSSR count). The van der Waals surface area contributed by atoms with E-state index in [-0.39, 0.29) is 11.5 Å². The third kappa shape index (κ3) is 3.56. The van der Waals surface area contributed by atoms with Crippen LogP contribution in [0.2, 0.25) is 0 Å². The topological polar surface area (TPSA) is 47.3 Å². The van der Waals surface area contributed by atoms with E-state index in [2.05, 4.69) is 32.8 Å². The molecule has 0 bridgehead atoms. The number of aliphatic hydroxyl groups excluding tert-OH is 1. The van der Waals surface area contributed by atoms with Crippen LogP contribution in [0.25, 0.3) is 0 Å². The molecule has 0 aliphatic carbocycles. The van der Waals surface area contributed by atoms with Crippen molar-refractivity contribution in [2.45, 2.75) is 59.8 Å². The molecule has 1 N–H and O–H groups in total. The molecular formula is C14H26N2O2. The summed E-state index contributed by atoms with van der Waals surface area (Å²) >= 11 is 0. The number of nitrogens with zero attached hydrogens (tertiary/aromatic N) is 2. The number of hydrogen-bond acceptors (Lipinski definition) is 3. The highest BCUT2D eigenvalue weighted by Crippen LogP contribution is 2.26. The first kappa shape index (κ1) is 15.2. The smallest absolute Gasteiger partial charge is 0.0882 e. The van der Waals surface area contributed by atoms with E-state index >= 15 is 0 Å². The van der Waals surface area contributed by atoms with Gasteiger partial charge in [0.2, 0.25) is 0 Å². The molecule has 1 aromatic heterocycles. The van der Waals surface area contributed by atoms with Gasteiger partial charge in [-0.1, -0.05) is 20.8 Å². The van der Waals surface area contributed by atoms with Crippen LogP contribution in [0.3, 0.4) is 0 Å². The lowest BCUT2D eigenvalue weighted by molar-refractivity contribution is -0.0704. The van der Waals surface area contributed by atoms with E-state index in [1.54, 1.807) is 7.11 Å². The average molecular weight is 254 g/mol. The Balaban J connectivity index is 2.82. The molecule has 0 fully saturated rings. The van der Waals surface area contributed by atoms with Crippen LogP contribution in [-0.4, -0.2) is 34.2 Å². The molecule has 4 nitrogen and oxygen atoms in total. The van der Waals surface area contributed by atoms with Gasteiger partial charge in [-0.2, -0.15) is 5.10 Å². The standard InChI is InChI=1S/C14H26N2O2/c1-7-16-11(8-10(2)15-16)9-12(17)13(18-6)14(3,4)5/h8,12-13,17H,7,9H2,1-6H3. The summed E-state index contributed by atoms with van der Waals surface area (Å²) in [5, 5.41) is 14.8. The molecule has 0 amide bonds. The summed E-state index contributed by atoms with van der Waals surface area (Å²) in [7, 11) is 1.65. The summed E-state index contributed by atoms with van der Waals surface area (Å²) in [6.45, 7) is 11.1.